The topological polar surface area (TPSA) is 48.0 Å². The second-order valence-electron chi connectivity index (χ2n) is 6.54. The zero-order valence-corrected chi connectivity index (χ0v) is 15.5. The van der Waals surface area contributed by atoms with Crippen LogP contribution in [0.3, 0.4) is 0 Å². The quantitative estimate of drug-likeness (QED) is 0.827. The number of rotatable bonds is 5. The summed E-state index contributed by atoms with van der Waals surface area (Å²) in [5.74, 6) is 1.15. The molecule has 0 aromatic heterocycles. The molecule has 2 atom stereocenters. The van der Waals surface area contributed by atoms with E-state index in [0.717, 1.165) is 6.42 Å². The fourth-order valence-corrected chi connectivity index (χ4v) is 3.35. The van der Waals surface area contributed by atoms with Gasteiger partial charge in [0, 0.05) is 25.1 Å². The summed E-state index contributed by atoms with van der Waals surface area (Å²) in [6.45, 7) is 3.16. The minimum atomic E-state index is -0.0147. The average Bonchev–Trinajstić information content (AvgIpc) is 2.67. The maximum atomic E-state index is 13.0. The van der Waals surface area contributed by atoms with Crippen molar-refractivity contribution < 1.29 is 19.0 Å². The SMILES string of the molecule is COc1ccc(C(=O)N2CC(C)OC(Cc3ccccc3)C2)cc1OC. The molecule has 0 bridgehead atoms. The largest absolute Gasteiger partial charge is 0.493 e. The normalized spacial score (nSPS) is 19.9. The molecule has 5 nitrogen and oxygen atoms in total. The lowest BCUT2D eigenvalue weighted by molar-refractivity contribution is -0.0664. The summed E-state index contributed by atoms with van der Waals surface area (Å²) in [6, 6.07) is 15.5. The molecule has 5 heteroatoms. The number of hydrogen-bond donors (Lipinski definition) is 0. The van der Waals surface area contributed by atoms with Crippen molar-refractivity contribution in [1.29, 1.82) is 0 Å². The molecule has 1 aliphatic heterocycles. The van der Waals surface area contributed by atoms with Crippen molar-refractivity contribution in [3.05, 3.63) is 59.7 Å². The average molecular weight is 355 g/mol. The number of hydrogen-bond acceptors (Lipinski definition) is 4. The standard InChI is InChI=1S/C21H25NO4/c1-15-13-22(14-18(26-15)11-16-7-5-4-6-8-16)21(23)17-9-10-19(24-2)20(12-17)25-3/h4-10,12,15,18H,11,13-14H2,1-3H3. The summed E-state index contributed by atoms with van der Waals surface area (Å²) >= 11 is 0. The molecule has 0 N–H and O–H groups in total. The van der Waals surface area contributed by atoms with Crippen molar-refractivity contribution in [2.75, 3.05) is 27.3 Å². The van der Waals surface area contributed by atoms with Gasteiger partial charge >= 0.3 is 0 Å². The van der Waals surface area contributed by atoms with E-state index in [1.807, 2.05) is 30.0 Å². The van der Waals surface area contributed by atoms with Crippen molar-refractivity contribution in [3.8, 4) is 11.5 Å². The van der Waals surface area contributed by atoms with Gasteiger partial charge in [-0.3, -0.25) is 4.79 Å². The first-order valence-corrected chi connectivity index (χ1v) is 8.81. The van der Waals surface area contributed by atoms with Crippen molar-refractivity contribution in [3.63, 3.8) is 0 Å². The van der Waals surface area contributed by atoms with Gasteiger partial charge in [0.15, 0.2) is 11.5 Å². The Balaban J connectivity index is 1.74. The van der Waals surface area contributed by atoms with Gasteiger partial charge in [0.05, 0.1) is 26.4 Å². The zero-order valence-electron chi connectivity index (χ0n) is 15.5. The van der Waals surface area contributed by atoms with E-state index in [9.17, 15) is 4.79 Å². The van der Waals surface area contributed by atoms with Crippen LogP contribution in [0.25, 0.3) is 0 Å². The fourth-order valence-electron chi connectivity index (χ4n) is 3.35. The second-order valence-corrected chi connectivity index (χ2v) is 6.54. The van der Waals surface area contributed by atoms with Crippen molar-refractivity contribution in [2.45, 2.75) is 25.6 Å². The van der Waals surface area contributed by atoms with Gasteiger partial charge in [-0.2, -0.15) is 0 Å². The highest BCUT2D eigenvalue weighted by atomic mass is 16.5. The van der Waals surface area contributed by atoms with E-state index in [1.165, 1.54) is 5.56 Å². The summed E-state index contributed by atoms with van der Waals surface area (Å²) in [7, 11) is 3.15. The molecule has 1 amide bonds. The molecule has 0 aliphatic carbocycles. The van der Waals surface area contributed by atoms with Gasteiger partial charge in [-0.15, -0.1) is 0 Å². The van der Waals surface area contributed by atoms with Gasteiger partial charge in [-0.25, -0.2) is 0 Å². The van der Waals surface area contributed by atoms with Crippen LogP contribution in [0.1, 0.15) is 22.8 Å². The maximum absolute atomic E-state index is 13.0. The predicted octanol–water partition coefficient (Wildman–Crippen LogP) is 3.18. The van der Waals surface area contributed by atoms with E-state index in [-0.39, 0.29) is 18.1 Å². The summed E-state index contributed by atoms with van der Waals surface area (Å²) < 4.78 is 16.6. The number of benzene rings is 2. The molecule has 2 aromatic carbocycles. The van der Waals surface area contributed by atoms with Crippen LogP contribution in [0.4, 0.5) is 0 Å². The van der Waals surface area contributed by atoms with Crippen LogP contribution >= 0.6 is 0 Å². The van der Waals surface area contributed by atoms with Gasteiger partial charge < -0.3 is 19.1 Å². The Hall–Kier alpha value is -2.53. The Morgan fingerprint density at radius 3 is 2.50 bits per heavy atom. The molecule has 1 saturated heterocycles. The molecule has 0 saturated carbocycles. The summed E-state index contributed by atoms with van der Waals surface area (Å²) in [4.78, 5) is 14.8. The van der Waals surface area contributed by atoms with E-state index in [2.05, 4.69) is 12.1 Å². The number of ether oxygens (including phenoxy) is 3. The molecule has 138 valence electrons. The first-order chi connectivity index (χ1) is 12.6. The lowest BCUT2D eigenvalue weighted by Gasteiger charge is -2.37. The Bertz CT molecular complexity index is 747. The lowest BCUT2D eigenvalue weighted by atomic mass is 10.0. The molecule has 2 unspecified atom stereocenters. The Morgan fingerprint density at radius 2 is 1.81 bits per heavy atom. The minimum absolute atomic E-state index is 0.00144. The van der Waals surface area contributed by atoms with E-state index in [0.29, 0.717) is 30.2 Å². The first kappa shape index (κ1) is 18.3. The number of nitrogens with zero attached hydrogens (tertiary/aromatic N) is 1. The minimum Gasteiger partial charge on any atom is -0.493 e. The smallest absolute Gasteiger partial charge is 0.254 e. The Kier molecular flexibility index (Phi) is 5.78. The second kappa shape index (κ2) is 8.23. The van der Waals surface area contributed by atoms with Gasteiger partial charge in [0.25, 0.3) is 5.91 Å². The lowest BCUT2D eigenvalue weighted by Crippen LogP contribution is -2.49. The number of carbonyl (C=O) groups excluding carboxylic acids is 1. The highest BCUT2D eigenvalue weighted by Gasteiger charge is 2.29. The Labute approximate surface area is 154 Å². The van der Waals surface area contributed by atoms with Crippen LogP contribution in [-0.4, -0.2) is 50.3 Å². The highest BCUT2D eigenvalue weighted by Crippen LogP contribution is 2.28. The van der Waals surface area contributed by atoms with Crippen molar-refractivity contribution >= 4 is 5.91 Å². The van der Waals surface area contributed by atoms with E-state index < -0.39 is 0 Å². The first-order valence-electron chi connectivity index (χ1n) is 8.81. The van der Waals surface area contributed by atoms with Gasteiger partial charge in [-0.1, -0.05) is 30.3 Å². The van der Waals surface area contributed by atoms with E-state index in [4.69, 9.17) is 14.2 Å². The van der Waals surface area contributed by atoms with Crippen LogP contribution in [0.5, 0.6) is 11.5 Å². The molecular formula is C21H25NO4. The summed E-state index contributed by atoms with van der Waals surface area (Å²) in [5.41, 5.74) is 1.81. The van der Waals surface area contributed by atoms with Crippen molar-refractivity contribution in [2.24, 2.45) is 0 Å². The number of carbonyl (C=O) groups is 1. The molecule has 0 spiro atoms. The summed E-state index contributed by atoms with van der Waals surface area (Å²) in [5, 5.41) is 0. The number of morpholine rings is 1. The third-order valence-corrected chi connectivity index (χ3v) is 4.55. The molecule has 26 heavy (non-hydrogen) atoms. The number of methoxy groups -OCH3 is 2. The van der Waals surface area contributed by atoms with Crippen LogP contribution in [0.2, 0.25) is 0 Å². The monoisotopic (exact) mass is 355 g/mol. The van der Waals surface area contributed by atoms with Gasteiger partial charge in [0.2, 0.25) is 0 Å². The predicted molar refractivity (Wildman–Crippen MR) is 99.9 cm³/mol. The maximum Gasteiger partial charge on any atom is 0.254 e. The van der Waals surface area contributed by atoms with Crippen LogP contribution in [-0.2, 0) is 11.2 Å². The molecule has 3 rings (SSSR count). The molecule has 1 aliphatic rings. The fraction of sp³-hybridized carbons (Fsp3) is 0.381. The third kappa shape index (κ3) is 4.17. The molecular weight excluding hydrogens is 330 g/mol. The van der Waals surface area contributed by atoms with Crippen LogP contribution < -0.4 is 9.47 Å². The molecule has 1 fully saturated rings. The molecule has 1 heterocycles. The van der Waals surface area contributed by atoms with Gasteiger partial charge in [-0.05, 0) is 30.7 Å². The van der Waals surface area contributed by atoms with Crippen LogP contribution in [0.15, 0.2) is 48.5 Å². The number of amides is 1. The third-order valence-electron chi connectivity index (χ3n) is 4.55. The van der Waals surface area contributed by atoms with Gasteiger partial charge in [0.1, 0.15) is 0 Å². The van der Waals surface area contributed by atoms with Crippen molar-refractivity contribution in [1.82, 2.24) is 4.90 Å². The van der Waals surface area contributed by atoms with Crippen LogP contribution in [0, 0.1) is 0 Å². The van der Waals surface area contributed by atoms with E-state index in [1.54, 1.807) is 32.4 Å². The van der Waals surface area contributed by atoms with E-state index >= 15 is 0 Å². The molecule has 0 radical (unpaired) electrons. The highest BCUT2D eigenvalue weighted by molar-refractivity contribution is 5.95. The summed E-state index contributed by atoms with van der Waals surface area (Å²) in [6.07, 6.45) is 0.785. The Morgan fingerprint density at radius 1 is 1.08 bits per heavy atom. The zero-order chi connectivity index (χ0) is 18.5. The molecule has 2 aromatic rings.